The predicted molar refractivity (Wildman–Crippen MR) is 54.2 cm³/mol. The molecule has 0 saturated heterocycles. The van der Waals surface area contributed by atoms with Gasteiger partial charge in [0.2, 0.25) is 5.71 Å². The first-order valence-corrected chi connectivity index (χ1v) is 4.15. The van der Waals surface area contributed by atoms with Crippen molar-refractivity contribution < 1.29 is 5.16 Å². The topological polar surface area (TPSA) is 65.7 Å². The number of rotatable bonds is 1. The molecule has 70 valence electrons. The van der Waals surface area contributed by atoms with Crippen LogP contribution in [0.5, 0.6) is 0 Å². The second-order valence-electron chi connectivity index (χ2n) is 2.93. The number of nitrogens with one attached hydrogen (secondary N) is 2. The normalized spacial score (nSPS) is 18.7. The lowest BCUT2D eigenvalue weighted by atomic mass is 10.00. The Hall–Kier alpha value is -2.10. The van der Waals surface area contributed by atoms with E-state index in [1.807, 2.05) is 17.3 Å². The van der Waals surface area contributed by atoms with E-state index in [0.717, 1.165) is 11.3 Å². The van der Waals surface area contributed by atoms with Gasteiger partial charge < -0.3 is 5.21 Å². The fourth-order valence-electron chi connectivity index (χ4n) is 1.25. The van der Waals surface area contributed by atoms with Gasteiger partial charge in [0.05, 0.1) is 5.69 Å². The highest BCUT2D eigenvalue weighted by Crippen LogP contribution is 2.18. The molecule has 0 aromatic carbocycles. The summed E-state index contributed by atoms with van der Waals surface area (Å²) in [4.78, 5) is 0. The van der Waals surface area contributed by atoms with E-state index in [0.29, 0.717) is 11.3 Å². The molecule has 2 N–H and O–H groups in total. The fraction of sp³-hybridized carbons (Fsp3) is 0. The lowest BCUT2D eigenvalue weighted by molar-refractivity contribution is -0.371. The molecule has 0 aliphatic heterocycles. The van der Waals surface area contributed by atoms with E-state index >= 15 is 0 Å². The highest BCUT2D eigenvalue weighted by atomic mass is 16.4. The number of H-pyrrole nitrogens is 1. The monoisotopic (exact) mass is 187 g/mol. The van der Waals surface area contributed by atoms with Gasteiger partial charge in [-0.05, 0) is 12.1 Å². The van der Waals surface area contributed by atoms with E-state index in [-0.39, 0.29) is 0 Å². The summed E-state index contributed by atoms with van der Waals surface area (Å²) in [6, 6.07) is 1.84. The summed E-state index contributed by atoms with van der Waals surface area (Å²) < 4.78 is 0. The number of allylic oxidation sites excluding steroid dienone is 5. The average molecular weight is 187 g/mol. The predicted octanol–water partition coefficient (Wildman–Crippen LogP) is -0.0615. The van der Waals surface area contributed by atoms with E-state index in [1.54, 1.807) is 18.3 Å². The van der Waals surface area contributed by atoms with Crippen LogP contribution in [-0.4, -0.2) is 15.9 Å². The first-order valence-electron chi connectivity index (χ1n) is 4.15. The van der Waals surface area contributed by atoms with Crippen LogP contribution in [0.3, 0.4) is 0 Å². The van der Waals surface area contributed by atoms with Gasteiger partial charge in [-0.3, -0.25) is 5.10 Å². The van der Waals surface area contributed by atoms with E-state index in [2.05, 4.69) is 16.8 Å². The minimum absolute atomic E-state index is 0.477. The Morgan fingerprint density at radius 1 is 1.43 bits per heavy atom. The zero-order valence-electron chi connectivity index (χ0n) is 7.45. The van der Waals surface area contributed by atoms with Crippen molar-refractivity contribution in [2.24, 2.45) is 0 Å². The largest absolute Gasteiger partial charge is 0.625 e. The van der Waals surface area contributed by atoms with Gasteiger partial charge in [0.15, 0.2) is 0 Å². The van der Waals surface area contributed by atoms with Crippen molar-refractivity contribution in [3.63, 3.8) is 0 Å². The van der Waals surface area contributed by atoms with Gasteiger partial charge in [-0.15, -0.1) is 0 Å². The minimum Gasteiger partial charge on any atom is -0.625 e. The number of hydrogen-bond acceptors (Lipinski definition) is 2. The van der Waals surface area contributed by atoms with E-state index in [9.17, 15) is 5.21 Å². The smallest absolute Gasteiger partial charge is 0.216 e. The van der Waals surface area contributed by atoms with Crippen molar-refractivity contribution in [2.45, 2.75) is 0 Å². The van der Waals surface area contributed by atoms with Crippen LogP contribution in [0.2, 0.25) is 0 Å². The maximum atomic E-state index is 10.6. The molecule has 0 radical (unpaired) electrons. The number of hydrogen-bond donors (Lipinski definition) is 2. The second-order valence-corrected chi connectivity index (χ2v) is 2.93. The number of aromatic nitrogens is 2. The van der Waals surface area contributed by atoms with E-state index < -0.39 is 0 Å². The van der Waals surface area contributed by atoms with Gasteiger partial charge in [0.1, 0.15) is 0 Å². The van der Waals surface area contributed by atoms with Gasteiger partial charge >= 0.3 is 0 Å². The molecule has 1 aromatic rings. The molecule has 0 spiro atoms. The van der Waals surface area contributed by atoms with Gasteiger partial charge in [0, 0.05) is 23.4 Å². The third-order valence-corrected chi connectivity index (χ3v) is 2.02. The molecule has 0 bridgehead atoms. The second kappa shape index (κ2) is 3.33. The SMILES string of the molecule is C=C1C=CC(c2cc[nH]n2)=C/C1=[NH+]\[O-]. The van der Waals surface area contributed by atoms with E-state index in [1.165, 1.54) is 0 Å². The highest BCUT2D eigenvalue weighted by molar-refractivity contribution is 6.12. The lowest BCUT2D eigenvalue weighted by Crippen LogP contribution is -2.65. The Morgan fingerprint density at radius 3 is 2.93 bits per heavy atom. The fourth-order valence-corrected chi connectivity index (χ4v) is 1.25. The Balaban J connectivity index is 2.40. The van der Waals surface area contributed by atoms with Gasteiger partial charge in [0.25, 0.3) is 0 Å². The van der Waals surface area contributed by atoms with Crippen LogP contribution in [0, 0.1) is 5.21 Å². The molecule has 0 amide bonds. The third kappa shape index (κ3) is 1.37. The summed E-state index contributed by atoms with van der Waals surface area (Å²) in [6.45, 7) is 3.72. The maximum Gasteiger partial charge on any atom is 0.216 e. The molecule has 14 heavy (non-hydrogen) atoms. The first-order chi connectivity index (χ1) is 6.81. The van der Waals surface area contributed by atoms with Crippen LogP contribution in [0.1, 0.15) is 5.69 Å². The number of aromatic amines is 1. The average Bonchev–Trinajstić information content (AvgIpc) is 2.71. The maximum absolute atomic E-state index is 10.6. The van der Waals surface area contributed by atoms with Gasteiger partial charge in [-0.1, -0.05) is 12.7 Å². The zero-order valence-corrected chi connectivity index (χ0v) is 7.45. The highest BCUT2D eigenvalue weighted by Gasteiger charge is 2.12. The molecule has 4 heteroatoms. The van der Waals surface area contributed by atoms with Crippen molar-refractivity contribution in [1.82, 2.24) is 10.2 Å². The van der Waals surface area contributed by atoms with Crippen molar-refractivity contribution in [3.8, 4) is 0 Å². The zero-order chi connectivity index (χ0) is 9.97. The first kappa shape index (κ1) is 8.50. The van der Waals surface area contributed by atoms with Crippen molar-refractivity contribution in [3.05, 3.63) is 53.5 Å². The molecule has 0 saturated carbocycles. The van der Waals surface area contributed by atoms with Crippen molar-refractivity contribution in [1.29, 1.82) is 0 Å². The van der Waals surface area contributed by atoms with Crippen LogP contribution in [0.15, 0.2) is 42.6 Å². The Kier molecular flexibility index (Phi) is 2.02. The third-order valence-electron chi connectivity index (χ3n) is 2.02. The number of nitrogens with zero attached hydrogens (tertiary/aromatic N) is 1. The summed E-state index contributed by atoms with van der Waals surface area (Å²) in [5, 5.41) is 19.1. The standard InChI is InChI=1S/C10H9N3O/c1-7-2-3-8(6-10(7)13-14)9-4-5-11-12-9/h2-6,13H,1H2,(H-,11,12,14)/b13-10+. The lowest BCUT2D eigenvalue weighted by Gasteiger charge is -2.05. The van der Waals surface area contributed by atoms with Crippen LogP contribution < -0.4 is 5.16 Å². The summed E-state index contributed by atoms with van der Waals surface area (Å²) in [5.74, 6) is 0. The van der Waals surface area contributed by atoms with Crippen molar-refractivity contribution in [2.75, 3.05) is 0 Å². The molecular formula is C10H9N3O. The molecule has 0 atom stereocenters. The molecule has 2 rings (SSSR count). The molecule has 1 aromatic heterocycles. The molecule has 4 nitrogen and oxygen atoms in total. The Labute approximate surface area is 81.0 Å². The molecular weight excluding hydrogens is 178 g/mol. The van der Waals surface area contributed by atoms with E-state index in [4.69, 9.17) is 0 Å². The summed E-state index contributed by atoms with van der Waals surface area (Å²) in [5.41, 5.74) is 2.85. The van der Waals surface area contributed by atoms with Gasteiger partial charge in [-0.25, -0.2) is 5.16 Å². The van der Waals surface area contributed by atoms with Crippen molar-refractivity contribution >= 4 is 11.3 Å². The summed E-state index contributed by atoms with van der Waals surface area (Å²) in [7, 11) is 0. The molecule has 1 aliphatic rings. The molecule has 0 unspecified atom stereocenters. The Morgan fingerprint density at radius 2 is 2.29 bits per heavy atom. The quantitative estimate of drug-likeness (QED) is 0.477. The summed E-state index contributed by atoms with van der Waals surface area (Å²) in [6.07, 6.45) is 7.12. The van der Waals surface area contributed by atoms with Crippen LogP contribution >= 0.6 is 0 Å². The molecule has 1 aliphatic carbocycles. The van der Waals surface area contributed by atoms with Gasteiger partial charge in [-0.2, -0.15) is 5.10 Å². The molecule has 1 heterocycles. The van der Waals surface area contributed by atoms with Crippen LogP contribution in [0.4, 0.5) is 0 Å². The molecule has 0 fully saturated rings. The van der Waals surface area contributed by atoms with Crippen LogP contribution in [0.25, 0.3) is 5.57 Å². The minimum atomic E-state index is 0.477. The Bertz CT molecular complexity index is 438. The van der Waals surface area contributed by atoms with Crippen LogP contribution in [-0.2, 0) is 0 Å². The summed E-state index contributed by atoms with van der Waals surface area (Å²) >= 11 is 0.